The molecular formula is C15H27NO2. The molecule has 0 aromatic rings. The fraction of sp³-hybridized carbons (Fsp3) is 0.733. The molecule has 1 unspecified atom stereocenters. The van der Waals surface area contributed by atoms with Gasteiger partial charge in [-0.15, -0.1) is 5.73 Å². The molecule has 18 heavy (non-hydrogen) atoms. The Morgan fingerprint density at radius 2 is 1.67 bits per heavy atom. The van der Waals surface area contributed by atoms with Crippen molar-refractivity contribution in [2.45, 2.75) is 54.5 Å². The van der Waals surface area contributed by atoms with E-state index < -0.39 is 12.0 Å². The molecule has 0 heterocycles. The summed E-state index contributed by atoms with van der Waals surface area (Å²) in [5.41, 5.74) is 10.0. The van der Waals surface area contributed by atoms with Crippen LogP contribution in [0, 0.1) is 10.8 Å². The van der Waals surface area contributed by atoms with Crippen molar-refractivity contribution >= 4 is 5.97 Å². The lowest BCUT2D eigenvalue weighted by Gasteiger charge is -2.32. The first-order valence-corrected chi connectivity index (χ1v) is 6.40. The van der Waals surface area contributed by atoms with Crippen molar-refractivity contribution < 1.29 is 9.53 Å². The number of nitrogens with two attached hydrogens (primary N) is 1. The summed E-state index contributed by atoms with van der Waals surface area (Å²) in [7, 11) is 0. The third kappa shape index (κ3) is 5.52. The smallest absolute Gasteiger partial charge is 0.327 e. The van der Waals surface area contributed by atoms with Gasteiger partial charge in [0.05, 0.1) is 6.61 Å². The van der Waals surface area contributed by atoms with Crippen LogP contribution in [0.25, 0.3) is 0 Å². The Morgan fingerprint density at radius 3 is 2.00 bits per heavy atom. The van der Waals surface area contributed by atoms with Crippen LogP contribution in [0.5, 0.6) is 0 Å². The van der Waals surface area contributed by atoms with E-state index in [0.29, 0.717) is 6.61 Å². The van der Waals surface area contributed by atoms with Gasteiger partial charge in [0.25, 0.3) is 0 Å². The monoisotopic (exact) mass is 253 g/mol. The first-order chi connectivity index (χ1) is 8.00. The second-order valence-electron chi connectivity index (χ2n) is 6.46. The first-order valence-electron chi connectivity index (χ1n) is 6.40. The van der Waals surface area contributed by atoms with Gasteiger partial charge in [-0.3, -0.25) is 0 Å². The predicted molar refractivity (Wildman–Crippen MR) is 75.1 cm³/mol. The zero-order chi connectivity index (χ0) is 14.6. The Kier molecular flexibility index (Phi) is 5.85. The highest BCUT2D eigenvalue weighted by molar-refractivity contribution is 5.77. The molecule has 0 bridgehead atoms. The predicted octanol–water partition coefficient (Wildman–Crippen LogP) is 3.05. The summed E-state index contributed by atoms with van der Waals surface area (Å²) in [4.78, 5) is 11.4. The van der Waals surface area contributed by atoms with Gasteiger partial charge in [-0.25, -0.2) is 4.79 Å². The number of rotatable bonds is 3. The molecule has 0 aromatic carbocycles. The minimum atomic E-state index is -0.746. The first kappa shape index (κ1) is 16.9. The van der Waals surface area contributed by atoms with Gasteiger partial charge in [0, 0.05) is 0 Å². The molecule has 0 rings (SSSR count). The van der Waals surface area contributed by atoms with Gasteiger partial charge in [0.1, 0.15) is 6.04 Å². The number of carbonyl (C=O) groups excluding carboxylic acids is 1. The summed E-state index contributed by atoms with van der Waals surface area (Å²) in [6.07, 6.45) is 1.60. The van der Waals surface area contributed by atoms with Gasteiger partial charge in [0.15, 0.2) is 0 Å². The molecule has 0 aliphatic heterocycles. The van der Waals surface area contributed by atoms with Crippen LogP contribution in [0.4, 0.5) is 0 Å². The van der Waals surface area contributed by atoms with Crippen molar-refractivity contribution in [1.82, 2.24) is 0 Å². The van der Waals surface area contributed by atoms with Crippen molar-refractivity contribution in [2.75, 3.05) is 6.61 Å². The third-order valence-electron chi connectivity index (χ3n) is 2.47. The number of ether oxygens (including phenoxy) is 1. The average molecular weight is 253 g/mol. The summed E-state index contributed by atoms with van der Waals surface area (Å²) in [6.45, 7) is 14.9. The molecule has 0 fully saturated rings. The Labute approximate surface area is 111 Å². The second kappa shape index (κ2) is 6.21. The lowest BCUT2D eigenvalue weighted by Crippen LogP contribution is -2.30. The topological polar surface area (TPSA) is 52.3 Å². The summed E-state index contributed by atoms with van der Waals surface area (Å²) in [6, 6.07) is -0.746. The lowest BCUT2D eigenvalue weighted by atomic mass is 9.72. The molecule has 2 N–H and O–H groups in total. The van der Waals surface area contributed by atoms with Crippen LogP contribution in [-0.2, 0) is 9.53 Å². The molecule has 0 aliphatic rings. The number of carbonyl (C=O) groups is 1. The van der Waals surface area contributed by atoms with Gasteiger partial charge < -0.3 is 10.5 Å². The molecule has 0 radical (unpaired) electrons. The third-order valence-corrected chi connectivity index (χ3v) is 2.47. The van der Waals surface area contributed by atoms with E-state index in [1.54, 1.807) is 13.0 Å². The van der Waals surface area contributed by atoms with Crippen LogP contribution in [0.3, 0.4) is 0 Å². The molecule has 0 spiro atoms. The van der Waals surface area contributed by atoms with Crippen molar-refractivity contribution in [3.8, 4) is 0 Å². The van der Waals surface area contributed by atoms with E-state index >= 15 is 0 Å². The van der Waals surface area contributed by atoms with Crippen LogP contribution in [-0.4, -0.2) is 18.6 Å². The standard InChI is InChI=1S/C15H27NO2/c1-8-18-13(17)11(16)9-10-12(14(2,3)4)15(5,6)7/h9,11H,8,16H2,1-7H3. The minimum absolute atomic E-state index is 0.0108. The van der Waals surface area contributed by atoms with Gasteiger partial charge in [0.2, 0.25) is 0 Å². The molecule has 0 saturated carbocycles. The van der Waals surface area contributed by atoms with E-state index in [9.17, 15) is 4.79 Å². The number of esters is 1. The van der Waals surface area contributed by atoms with E-state index in [2.05, 4.69) is 47.3 Å². The molecule has 1 atom stereocenters. The Bertz CT molecular complexity index is 334. The van der Waals surface area contributed by atoms with Crippen molar-refractivity contribution in [2.24, 2.45) is 16.6 Å². The van der Waals surface area contributed by atoms with E-state index in [-0.39, 0.29) is 10.8 Å². The highest BCUT2D eigenvalue weighted by Crippen LogP contribution is 2.38. The van der Waals surface area contributed by atoms with Crippen LogP contribution in [0.1, 0.15) is 48.5 Å². The van der Waals surface area contributed by atoms with Gasteiger partial charge in [-0.1, -0.05) is 41.5 Å². The molecule has 0 aromatic heterocycles. The van der Waals surface area contributed by atoms with Crippen molar-refractivity contribution in [1.29, 1.82) is 0 Å². The SMILES string of the molecule is CCOC(=O)C(N)C=C=C(C(C)(C)C)C(C)(C)C. The van der Waals surface area contributed by atoms with Crippen LogP contribution >= 0.6 is 0 Å². The average Bonchev–Trinajstić information content (AvgIpc) is 2.13. The zero-order valence-electron chi connectivity index (χ0n) is 12.8. The molecule has 3 heteroatoms. The second-order valence-corrected chi connectivity index (χ2v) is 6.46. The quantitative estimate of drug-likeness (QED) is 0.621. The lowest BCUT2D eigenvalue weighted by molar-refractivity contribution is -0.143. The Hall–Kier alpha value is -1.05. The summed E-state index contributed by atoms with van der Waals surface area (Å²) in [5, 5.41) is 0. The molecular weight excluding hydrogens is 226 g/mol. The molecule has 104 valence electrons. The van der Waals surface area contributed by atoms with Gasteiger partial charge in [-0.2, -0.15) is 0 Å². The normalized spacial score (nSPS) is 13.6. The van der Waals surface area contributed by atoms with E-state index in [0.717, 1.165) is 5.57 Å². The summed E-state index contributed by atoms with van der Waals surface area (Å²) < 4.78 is 4.86. The van der Waals surface area contributed by atoms with E-state index in [4.69, 9.17) is 10.5 Å². The zero-order valence-corrected chi connectivity index (χ0v) is 12.8. The van der Waals surface area contributed by atoms with E-state index in [1.165, 1.54) is 0 Å². The maximum absolute atomic E-state index is 11.4. The maximum Gasteiger partial charge on any atom is 0.327 e. The van der Waals surface area contributed by atoms with Crippen LogP contribution < -0.4 is 5.73 Å². The minimum Gasteiger partial charge on any atom is -0.465 e. The molecule has 3 nitrogen and oxygen atoms in total. The number of hydrogen-bond acceptors (Lipinski definition) is 3. The summed E-state index contributed by atoms with van der Waals surface area (Å²) in [5.74, 6) is -0.410. The highest BCUT2D eigenvalue weighted by atomic mass is 16.5. The maximum atomic E-state index is 11.4. The summed E-state index contributed by atoms with van der Waals surface area (Å²) >= 11 is 0. The van der Waals surface area contributed by atoms with Gasteiger partial charge >= 0.3 is 5.97 Å². The number of hydrogen-bond donors (Lipinski definition) is 1. The van der Waals surface area contributed by atoms with Crippen molar-refractivity contribution in [3.63, 3.8) is 0 Å². The van der Waals surface area contributed by atoms with Crippen LogP contribution in [0.2, 0.25) is 0 Å². The highest BCUT2D eigenvalue weighted by Gasteiger charge is 2.27. The van der Waals surface area contributed by atoms with E-state index in [1.807, 2.05) is 0 Å². The largest absolute Gasteiger partial charge is 0.465 e. The van der Waals surface area contributed by atoms with Gasteiger partial charge in [-0.05, 0) is 29.4 Å². The molecule has 0 saturated heterocycles. The Balaban J connectivity index is 5.26. The molecule has 0 aliphatic carbocycles. The van der Waals surface area contributed by atoms with Crippen molar-refractivity contribution in [3.05, 3.63) is 17.4 Å². The Morgan fingerprint density at radius 1 is 1.22 bits per heavy atom. The fourth-order valence-corrected chi connectivity index (χ4v) is 2.04. The fourth-order valence-electron chi connectivity index (χ4n) is 2.04. The van der Waals surface area contributed by atoms with Crippen LogP contribution in [0.15, 0.2) is 17.4 Å². The molecule has 0 amide bonds.